The monoisotopic (exact) mass is 172 g/mol. The van der Waals surface area contributed by atoms with Gasteiger partial charge < -0.3 is 14.9 Å². The van der Waals surface area contributed by atoms with Crippen molar-refractivity contribution >= 4 is 5.97 Å². The number of aliphatic hydroxyl groups excluding tert-OH is 2. The van der Waals surface area contributed by atoms with E-state index in [-0.39, 0.29) is 30.5 Å². The summed E-state index contributed by atoms with van der Waals surface area (Å²) in [6.45, 7) is -0.0566. The second-order valence-corrected chi connectivity index (χ2v) is 3.55. The lowest BCUT2D eigenvalue weighted by molar-refractivity contribution is -0.141. The predicted molar refractivity (Wildman–Crippen MR) is 39.2 cm³/mol. The van der Waals surface area contributed by atoms with Gasteiger partial charge in [-0.25, -0.2) is 0 Å². The molecule has 4 nitrogen and oxygen atoms in total. The number of hydrogen-bond acceptors (Lipinski definition) is 4. The molecule has 0 unspecified atom stereocenters. The Balaban J connectivity index is 2.11. The van der Waals surface area contributed by atoms with E-state index in [0.29, 0.717) is 12.8 Å². The van der Waals surface area contributed by atoms with Crippen molar-refractivity contribution in [1.82, 2.24) is 0 Å². The van der Waals surface area contributed by atoms with Gasteiger partial charge in [0.2, 0.25) is 0 Å². The highest BCUT2D eigenvalue weighted by Crippen LogP contribution is 2.40. The maximum absolute atomic E-state index is 10.8. The first-order valence-electron chi connectivity index (χ1n) is 4.20. The highest BCUT2D eigenvalue weighted by atomic mass is 16.6. The molecule has 0 aromatic carbocycles. The first kappa shape index (κ1) is 8.01. The summed E-state index contributed by atoms with van der Waals surface area (Å²) in [5.41, 5.74) is 0. The van der Waals surface area contributed by atoms with Crippen LogP contribution in [0.2, 0.25) is 0 Å². The molecule has 2 aliphatic rings. The molecule has 68 valence electrons. The Morgan fingerprint density at radius 2 is 2.33 bits per heavy atom. The largest absolute Gasteiger partial charge is 0.462 e. The van der Waals surface area contributed by atoms with Gasteiger partial charge in [-0.1, -0.05) is 0 Å². The van der Waals surface area contributed by atoms with Gasteiger partial charge in [0.05, 0.1) is 12.5 Å². The van der Waals surface area contributed by atoms with Crippen LogP contribution in [0.1, 0.15) is 12.8 Å². The fourth-order valence-electron chi connectivity index (χ4n) is 2.23. The van der Waals surface area contributed by atoms with Gasteiger partial charge in [0.25, 0.3) is 0 Å². The van der Waals surface area contributed by atoms with Gasteiger partial charge >= 0.3 is 5.97 Å². The van der Waals surface area contributed by atoms with Crippen molar-refractivity contribution in [3.05, 3.63) is 0 Å². The van der Waals surface area contributed by atoms with Crippen molar-refractivity contribution in [2.24, 2.45) is 11.8 Å². The lowest BCUT2D eigenvalue weighted by Gasteiger charge is -2.14. The van der Waals surface area contributed by atoms with Crippen molar-refractivity contribution in [2.75, 3.05) is 6.61 Å². The van der Waals surface area contributed by atoms with Crippen LogP contribution in [0.5, 0.6) is 0 Å². The molecule has 0 radical (unpaired) electrons. The van der Waals surface area contributed by atoms with E-state index in [4.69, 9.17) is 9.84 Å². The Hall–Kier alpha value is -0.610. The van der Waals surface area contributed by atoms with Gasteiger partial charge in [-0.3, -0.25) is 4.79 Å². The van der Waals surface area contributed by atoms with Crippen LogP contribution in [0.3, 0.4) is 0 Å². The molecule has 4 atom stereocenters. The molecule has 0 amide bonds. The second-order valence-electron chi connectivity index (χ2n) is 3.55. The summed E-state index contributed by atoms with van der Waals surface area (Å²) in [6.07, 6.45) is 0.192. The average Bonchev–Trinajstić information content (AvgIpc) is 2.43. The SMILES string of the molecule is O=C1C[C@H]2[C@H](CO)[C@@H](O)C[C@H]2O1. The maximum atomic E-state index is 10.8. The quantitative estimate of drug-likeness (QED) is 0.513. The third-order valence-electron chi connectivity index (χ3n) is 2.89. The van der Waals surface area contributed by atoms with E-state index < -0.39 is 6.10 Å². The number of fused-ring (bicyclic) bond motifs is 1. The Kier molecular flexibility index (Phi) is 1.81. The number of carbonyl (C=O) groups excluding carboxylic acids is 1. The fourth-order valence-corrected chi connectivity index (χ4v) is 2.23. The van der Waals surface area contributed by atoms with Crippen molar-refractivity contribution in [2.45, 2.75) is 25.0 Å². The third-order valence-corrected chi connectivity index (χ3v) is 2.89. The number of hydrogen-bond donors (Lipinski definition) is 2. The highest BCUT2D eigenvalue weighted by molar-refractivity contribution is 5.72. The van der Waals surface area contributed by atoms with Crippen molar-refractivity contribution in [1.29, 1.82) is 0 Å². The predicted octanol–water partition coefficient (Wildman–Crippen LogP) is -0.709. The molecule has 4 heteroatoms. The van der Waals surface area contributed by atoms with E-state index in [2.05, 4.69) is 0 Å². The number of esters is 1. The molecule has 2 rings (SSSR count). The van der Waals surface area contributed by atoms with Crippen LogP contribution in [0.15, 0.2) is 0 Å². The number of aliphatic hydroxyl groups is 2. The van der Waals surface area contributed by atoms with Crippen LogP contribution in [0.4, 0.5) is 0 Å². The smallest absolute Gasteiger partial charge is 0.306 e. The zero-order valence-electron chi connectivity index (χ0n) is 6.64. The van der Waals surface area contributed by atoms with Crippen LogP contribution in [-0.2, 0) is 9.53 Å². The summed E-state index contributed by atoms with van der Waals surface area (Å²) >= 11 is 0. The van der Waals surface area contributed by atoms with Gasteiger partial charge in [-0.2, -0.15) is 0 Å². The summed E-state index contributed by atoms with van der Waals surface area (Å²) in [5.74, 6) is -0.325. The average molecular weight is 172 g/mol. The summed E-state index contributed by atoms with van der Waals surface area (Å²) in [7, 11) is 0. The normalized spacial score (nSPS) is 46.0. The standard InChI is InChI=1S/C8H12O4/c9-3-5-4-1-8(11)12-7(4)2-6(5)10/h4-7,9-10H,1-3H2/t4-,5-,6-,7+/m0/s1. The van der Waals surface area contributed by atoms with Gasteiger partial charge in [0.15, 0.2) is 0 Å². The molecule has 2 fully saturated rings. The topological polar surface area (TPSA) is 66.8 Å². The van der Waals surface area contributed by atoms with Crippen LogP contribution in [0.25, 0.3) is 0 Å². The number of ether oxygens (including phenoxy) is 1. The summed E-state index contributed by atoms with van der Waals surface area (Å²) < 4.78 is 4.98. The van der Waals surface area contributed by atoms with Crippen molar-refractivity contribution < 1.29 is 19.7 Å². The molecular weight excluding hydrogens is 160 g/mol. The number of rotatable bonds is 1. The molecule has 1 saturated carbocycles. The molecular formula is C8H12O4. The molecule has 1 saturated heterocycles. The van der Waals surface area contributed by atoms with Crippen LogP contribution in [0, 0.1) is 11.8 Å². The molecule has 0 spiro atoms. The maximum Gasteiger partial charge on any atom is 0.306 e. The molecule has 1 heterocycles. The molecule has 1 aliphatic carbocycles. The van der Waals surface area contributed by atoms with Gasteiger partial charge in [0, 0.05) is 24.9 Å². The Labute approximate surface area is 70.1 Å². The lowest BCUT2D eigenvalue weighted by atomic mass is 9.93. The van der Waals surface area contributed by atoms with Crippen LogP contribution in [-0.4, -0.2) is 35.0 Å². The van der Waals surface area contributed by atoms with Crippen molar-refractivity contribution in [3.8, 4) is 0 Å². The lowest BCUT2D eigenvalue weighted by Crippen LogP contribution is -2.23. The zero-order valence-corrected chi connectivity index (χ0v) is 6.64. The Bertz CT molecular complexity index is 203. The van der Waals surface area contributed by atoms with E-state index in [1.54, 1.807) is 0 Å². The van der Waals surface area contributed by atoms with Crippen LogP contribution >= 0.6 is 0 Å². The molecule has 12 heavy (non-hydrogen) atoms. The minimum absolute atomic E-state index is 0.0394. The van der Waals surface area contributed by atoms with E-state index in [1.807, 2.05) is 0 Å². The van der Waals surface area contributed by atoms with Gasteiger partial charge in [-0.15, -0.1) is 0 Å². The van der Waals surface area contributed by atoms with Crippen LogP contribution < -0.4 is 0 Å². The highest BCUT2D eigenvalue weighted by Gasteiger charge is 2.49. The first-order valence-corrected chi connectivity index (χ1v) is 4.20. The molecule has 0 aromatic heterocycles. The van der Waals surface area contributed by atoms with E-state index in [0.717, 1.165) is 0 Å². The minimum atomic E-state index is -0.502. The molecule has 0 aromatic rings. The minimum Gasteiger partial charge on any atom is -0.462 e. The second kappa shape index (κ2) is 2.71. The molecule has 1 aliphatic heterocycles. The van der Waals surface area contributed by atoms with E-state index in [9.17, 15) is 9.90 Å². The van der Waals surface area contributed by atoms with E-state index in [1.165, 1.54) is 0 Å². The summed E-state index contributed by atoms with van der Waals surface area (Å²) in [5, 5.41) is 18.4. The van der Waals surface area contributed by atoms with Gasteiger partial charge in [0.1, 0.15) is 6.10 Å². The number of carbonyl (C=O) groups is 1. The van der Waals surface area contributed by atoms with Crippen molar-refractivity contribution in [3.63, 3.8) is 0 Å². The zero-order chi connectivity index (χ0) is 8.72. The molecule has 2 N–H and O–H groups in total. The van der Waals surface area contributed by atoms with Gasteiger partial charge in [-0.05, 0) is 0 Å². The summed E-state index contributed by atoms with van der Waals surface area (Å²) in [6, 6.07) is 0. The first-order chi connectivity index (χ1) is 5.72. The molecule has 0 bridgehead atoms. The third kappa shape index (κ3) is 1.03. The Morgan fingerprint density at radius 1 is 1.58 bits per heavy atom. The fraction of sp³-hybridized carbons (Fsp3) is 0.875. The summed E-state index contributed by atoms with van der Waals surface area (Å²) in [4.78, 5) is 10.8. The Morgan fingerprint density at radius 3 is 3.00 bits per heavy atom. The van der Waals surface area contributed by atoms with E-state index >= 15 is 0 Å².